The third kappa shape index (κ3) is 3.63. The van der Waals surface area contributed by atoms with Crippen molar-refractivity contribution in [2.24, 2.45) is 11.8 Å². The fraction of sp³-hybridized carbons (Fsp3) is 0.565. The van der Waals surface area contributed by atoms with Gasteiger partial charge in [-0.15, -0.1) is 0 Å². The van der Waals surface area contributed by atoms with Crippen molar-refractivity contribution in [3.05, 3.63) is 29.3 Å². The minimum Gasteiger partial charge on any atom is -0.371 e. The standard InChI is InChI=1S/C23H28N4O4/c28-20-8-7-19(21(29)25-20)27-22(30)17-6-5-16(11-18(17)23(27)31)26-10-2-4-15(13-26)14-3-1-9-24-12-14/h5-6,11,14-15,19,24H,1-4,7-10,12-13H2,(H,25,28,29). The van der Waals surface area contributed by atoms with Crippen molar-refractivity contribution in [3.63, 3.8) is 0 Å². The van der Waals surface area contributed by atoms with Gasteiger partial charge in [-0.1, -0.05) is 0 Å². The van der Waals surface area contributed by atoms with E-state index in [0.29, 0.717) is 23.0 Å². The van der Waals surface area contributed by atoms with Gasteiger partial charge in [0.15, 0.2) is 0 Å². The van der Waals surface area contributed by atoms with Crippen LogP contribution >= 0.6 is 0 Å². The molecule has 0 saturated carbocycles. The number of benzene rings is 1. The molecule has 0 aliphatic carbocycles. The third-order valence-corrected chi connectivity index (χ3v) is 7.25. The highest BCUT2D eigenvalue weighted by Gasteiger charge is 2.44. The number of hydrogen-bond acceptors (Lipinski definition) is 6. The van der Waals surface area contributed by atoms with Gasteiger partial charge in [0.25, 0.3) is 11.8 Å². The molecule has 0 bridgehead atoms. The van der Waals surface area contributed by atoms with Crippen LogP contribution in [0.25, 0.3) is 0 Å². The van der Waals surface area contributed by atoms with Crippen LogP contribution in [0.4, 0.5) is 5.69 Å². The number of nitrogens with one attached hydrogen (secondary N) is 2. The van der Waals surface area contributed by atoms with Crippen molar-refractivity contribution in [1.29, 1.82) is 0 Å². The number of rotatable bonds is 3. The largest absolute Gasteiger partial charge is 0.371 e. The molecule has 31 heavy (non-hydrogen) atoms. The van der Waals surface area contributed by atoms with Crippen molar-refractivity contribution in [2.75, 3.05) is 31.1 Å². The topological polar surface area (TPSA) is 98.8 Å². The van der Waals surface area contributed by atoms with Gasteiger partial charge in [-0.2, -0.15) is 0 Å². The van der Waals surface area contributed by atoms with E-state index in [2.05, 4.69) is 15.5 Å². The number of carbonyl (C=O) groups is 4. The maximum atomic E-state index is 13.1. The second kappa shape index (κ2) is 8.07. The van der Waals surface area contributed by atoms with Gasteiger partial charge in [-0.05, 0) is 75.2 Å². The Bertz CT molecular complexity index is 940. The molecule has 3 fully saturated rings. The van der Waals surface area contributed by atoms with Gasteiger partial charge in [-0.25, -0.2) is 0 Å². The molecule has 4 heterocycles. The van der Waals surface area contributed by atoms with Crippen LogP contribution in [0.5, 0.6) is 0 Å². The lowest BCUT2D eigenvalue weighted by molar-refractivity contribution is -0.136. The summed E-state index contributed by atoms with van der Waals surface area (Å²) >= 11 is 0. The van der Waals surface area contributed by atoms with Crippen LogP contribution in [-0.2, 0) is 9.59 Å². The van der Waals surface area contributed by atoms with E-state index in [-0.39, 0.29) is 18.7 Å². The van der Waals surface area contributed by atoms with Gasteiger partial charge in [0.1, 0.15) is 6.04 Å². The maximum Gasteiger partial charge on any atom is 0.262 e. The Kier molecular flexibility index (Phi) is 5.25. The Morgan fingerprint density at radius 2 is 1.71 bits per heavy atom. The molecule has 2 N–H and O–H groups in total. The predicted octanol–water partition coefficient (Wildman–Crippen LogP) is 1.30. The van der Waals surface area contributed by atoms with Crippen molar-refractivity contribution in [1.82, 2.24) is 15.5 Å². The minimum atomic E-state index is -0.924. The summed E-state index contributed by atoms with van der Waals surface area (Å²) in [5, 5.41) is 5.75. The van der Waals surface area contributed by atoms with Crippen LogP contribution in [0.2, 0.25) is 0 Å². The van der Waals surface area contributed by atoms with Crippen molar-refractivity contribution in [2.45, 2.75) is 44.6 Å². The first-order valence-corrected chi connectivity index (χ1v) is 11.3. The van der Waals surface area contributed by atoms with Crippen LogP contribution in [0.15, 0.2) is 18.2 Å². The SMILES string of the molecule is O=C1CCC(N2C(=O)c3ccc(N4CCCC(C5CCCNC5)C4)cc3C2=O)C(=O)N1. The molecule has 1 aromatic carbocycles. The number of hydrogen-bond donors (Lipinski definition) is 2. The zero-order valence-corrected chi connectivity index (χ0v) is 17.6. The fourth-order valence-corrected chi connectivity index (χ4v) is 5.57. The first-order chi connectivity index (χ1) is 15.0. The molecule has 3 saturated heterocycles. The summed E-state index contributed by atoms with van der Waals surface area (Å²) in [6.07, 6.45) is 5.14. The summed E-state index contributed by atoms with van der Waals surface area (Å²) in [7, 11) is 0. The second-order valence-corrected chi connectivity index (χ2v) is 9.13. The van der Waals surface area contributed by atoms with E-state index in [1.54, 1.807) is 6.07 Å². The molecular weight excluding hydrogens is 396 g/mol. The Morgan fingerprint density at radius 1 is 0.903 bits per heavy atom. The quantitative estimate of drug-likeness (QED) is 0.710. The van der Waals surface area contributed by atoms with Gasteiger partial charge >= 0.3 is 0 Å². The van der Waals surface area contributed by atoms with Gasteiger partial charge < -0.3 is 10.2 Å². The molecule has 8 nitrogen and oxygen atoms in total. The molecule has 8 heteroatoms. The Balaban J connectivity index is 1.35. The molecule has 3 unspecified atom stereocenters. The minimum absolute atomic E-state index is 0.125. The molecule has 4 aliphatic rings. The zero-order chi connectivity index (χ0) is 21.5. The van der Waals surface area contributed by atoms with Crippen LogP contribution < -0.4 is 15.5 Å². The third-order valence-electron chi connectivity index (χ3n) is 7.25. The van der Waals surface area contributed by atoms with Crippen LogP contribution in [-0.4, -0.2) is 60.7 Å². The fourth-order valence-electron chi connectivity index (χ4n) is 5.57. The number of carbonyl (C=O) groups excluding carboxylic acids is 4. The van der Waals surface area contributed by atoms with E-state index in [0.717, 1.165) is 43.2 Å². The van der Waals surface area contributed by atoms with Crippen LogP contribution in [0.3, 0.4) is 0 Å². The predicted molar refractivity (Wildman–Crippen MR) is 114 cm³/mol. The molecule has 164 valence electrons. The van der Waals surface area contributed by atoms with Crippen molar-refractivity contribution < 1.29 is 19.2 Å². The van der Waals surface area contributed by atoms with Crippen molar-refractivity contribution >= 4 is 29.3 Å². The molecule has 3 atom stereocenters. The normalized spacial score (nSPS) is 29.2. The average molecular weight is 425 g/mol. The van der Waals surface area contributed by atoms with Crippen molar-refractivity contribution in [3.8, 4) is 0 Å². The van der Waals surface area contributed by atoms with Crippen LogP contribution in [0, 0.1) is 11.8 Å². The first-order valence-electron chi connectivity index (χ1n) is 11.3. The highest BCUT2D eigenvalue weighted by Crippen LogP contribution is 2.34. The summed E-state index contributed by atoms with van der Waals surface area (Å²) in [5.74, 6) is -0.518. The van der Waals surface area contributed by atoms with E-state index in [4.69, 9.17) is 0 Å². The van der Waals surface area contributed by atoms with E-state index in [9.17, 15) is 19.2 Å². The van der Waals surface area contributed by atoms with E-state index < -0.39 is 23.8 Å². The lowest BCUT2D eigenvalue weighted by atomic mass is 9.81. The lowest BCUT2D eigenvalue weighted by Crippen LogP contribution is -2.54. The smallest absolute Gasteiger partial charge is 0.262 e. The highest BCUT2D eigenvalue weighted by atomic mass is 16.2. The molecule has 4 amide bonds. The van der Waals surface area contributed by atoms with Gasteiger partial charge in [0.2, 0.25) is 11.8 Å². The molecular formula is C23H28N4O4. The average Bonchev–Trinajstić information content (AvgIpc) is 3.04. The maximum absolute atomic E-state index is 13.1. The number of piperidine rings is 3. The van der Waals surface area contributed by atoms with Gasteiger partial charge in [0.05, 0.1) is 11.1 Å². The van der Waals surface area contributed by atoms with Gasteiger partial charge in [-0.3, -0.25) is 29.4 Å². The summed E-state index contributed by atoms with van der Waals surface area (Å²) in [6, 6.07) is 4.51. The van der Waals surface area contributed by atoms with E-state index in [1.807, 2.05) is 12.1 Å². The zero-order valence-electron chi connectivity index (χ0n) is 17.6. The summed E-state index contributed by atoms with van der Waals surface area (Å²) in [6.45, 7) is 4.09. The number of imide groups is 2. The highest BCUT2D eigenvalue weighted by molar-refractivity contribution is 6.23. The Labute approximate surface area is 181 Å². The number of amides is 4. The number of anilines is 1. The van der Waals surface area contributed by atoms with E-state index in [1.165, 1.54) is 19.3 Å². The van der Waals surface area contributed by atoms with E-state index >= 15 is 0 Å². The van der Waals surface area contributed by atoms with Gasteiger partial charge in [0, 0.05) is 25.2 Å². The molecule has 4 aliphatic heterocycles. The molecule has 0 spiro atoms. The summed E-state index contributed by atoms with van der Waals surface area (Å²) < 4.78 is 0. The Hall–Kier alpha value is -2.74. The second-order valence-electron chi connectivity index (χ2n) is 9.13. The number of fused-ring (bicyclic) bond motifs is 1. The molecule has 0 aromatic heterocycles. The summed E-state index contributed by atoms with van der Waals surface area (Å²) in [5.41, 5.74) is 1.65. The molecule has 5 rings (SSSR count). The molecule has 1 aromatic rings. The van der Waals surface area contributed by atoms with Crippen LogP contribution in [0.1, 0.15) is 59.2 Å². The molecule has 0 radical (unpaired) electrons. The lowest BCUT2D eigenvalue weighted by Gasteiger charge is -2.39. The monoisotopic (exact) mass is 424 g/mol. The first kappa shape index (κ1) is 20.2. The number of nitrogens with zero attached hydrogens (tertiary/aromatic N) is 2. The summed E-state index contributed by atoms with van der Waals surface area (Å²) in [4.78, 5) is 53.0. The Morgan fingerprint density at radius 3 is 2.48 bits per heavy atom.